The van der Waals surface area contributed by atoms with Crippen molar-refractivity contribution in [3.63, 3.8) is 0 Å². The number of fused-ring (bicyclic) bond motifs is 1. The number of rotatable bonds is 7. The van der Waals surface area contributed by atoms with Crippen LogP contribution in [0.5, 0.6) is 0 Å². The number of halogens is 2. The molecule has 0 amide bonds. The van der Waals surface area contributed by atoms with Crippen LogP contribution in [-0.2, 0) is 17.8 Å². The smallest absolute Gasteiger partial charge is 0.123 e. The minimum Gasteiger partial charge on any atom is -0.380 e. The molecule has 3 rings (SSSR count). The number of pyridine rings is 1. The highest BCUT2D eigenvalue weighted by Gasteiger charge is 2.16. The summed E-state index contributed by atoms with van der Waals surface area (Å²) in [6.07, 6.45) is 1.87. The van der Waals surface area contributed by atoms with Crippen molar-refractivity contribution in [1.82, 2.24) is 9.55 Å². The van der Waals surface area contributed by atoms with Crippen molar-refractivity contribution in [2.24, 2.45) is 0 Å². The topological polar surface area (TPSA) is 30.3 Å². The number of aryl methyl sites for hydroxylation is 1. The number of hydrogen-bond donors (Lipinski definition) is 0. The first-order chi connectivity index (χ1) is 12.5. The molecule has 0 aliphatic carbocycles. The van der Waals surface area contributed by atoms with Gasteiger partial charge in [-0.25, -0.2) is 4.39 Å². The summed E-state index contributed by atoms with van der Waals surface area (Å²) in [6.45, 7) is 9.18. The van der Waals surface area contributed by atoms with Crippen LogP contribution in [0.15, 0.2) is 36.5 Å². The summed E-state index contributed by atoms with van der Waals surface area (Å²) >= 11 is 0. The van der Waals surface area contributed by atoms with E-state index >= 15 is 0 Å². The lowest BCUT2D eigenvalue weighted by molar-refractivity contribution is 0.139. The Labute approximate surface area is 166 Å². The Morgan fingerprint density at radius 1 is 1.15 bits per heavy atom. The molecule has 0 aliphatic heterocycles. The maximum Gasteiger partial charge on any atom is 0.123 e. The van der Waals surface area contributed by atoms with Gasteiger partial charge < -0.3 is 14.2 Å². The molecule has 4 nitrogen and oxygen atoms in total. The number of aromatic nitrogens is 2. The molecule has 0 fully saturated rings. The molecule has 1 aromatic carbocycles. The summed E-state index contributed by atoms with van der Waals surface area (Å²) in [4.78, 5) is 6.74. The zero-order valence-electron chi connectivity index (χ0n) is 16.3. The maximum atomic E-state index is 13.2. The standard InChI is InChI=1S/C21H26FN3O.ClH/c1-5-26-13-12-25-16(3)15(2)19-10-11-23-20(21(19)25)14-24(4)18-8-6-17(22)7-9-18;/h6-11H,5,12-14H2,1-4H3;1H. The second kappa shape index (κ2) is 9.20. The zero-order valence-corrected chi connectivity index (χ0v) is 17.1. The van der Waals surface area contributed by atoms with Crippen LogP contribution in [-0.4, -0.2) is 29.8 Å². The van der Waals surface area contributed by atoms with Crippen LogP contribution < -0.4 is 4.90 Å². The second-order valence-electron chi connectivity index (χ2n) is 6.55. The van der Waals surface area contributed by atoms with Crippen molar-refractivity contribution < 1.29 is 9.13 Å². The fourth-order valence-corrected chi connectivity index (χ4v) is 3.37. The minimum absolute atomic E-state index is 0. The minimum atomic E-state index is -0.224. The normalized spacial score (nSPS) is 10.9. The van der Waals surface area contributed by atoms with Crippen LogP contribution in [0.25, 0.3) is 10.9 Å². The molecule has 6 heteroatoms. The summed E-state index contributed by atoms with van der Waals surface area (Å²) in [7, 11) is 2.00. The summed E-state index contributed by atoms with van der Waals surface area (Å²) in [5.74, 6) is -0.224. The Balaban J connectivity index is 0.00000261. The van der Waals surface area contributed by atoms with Crippen LogP contribution in [0.4, 0.5) is 10.1 Å². The second-order valence-corrected chi connectivity index (χ2v) is 6.55. The lowest BCUT2D eigenvalue weighted by Crippen LogP contribution is -2.18. The quantitative estimate of drug-likeness (QED) is 0.537. The highest BCUT2D eigenvalue weighted by molar-refractivity contribution is 5.87. The fraction of sp³-hybridized carbons (Fsp3) is 0.381. The van der Waals surface area contributed by atoms with Crippen LogP contribution in [0.3, 0.4) is 0 Å². The van der Waals surface area contributed by atoms with Crippen molar-refractivity contribution >= 4 is 29.0 Å². The maximum absolute atomic E-state index is 13.2. The highest BCUT2D eigenvalue weighted by Crippen LogP contribution is 2.28. The summed E-state index contributed by atoms with van der Waals surface area (Å²) in [6, 6.07) is 8.63. The van der Waals surface area contributed by atoms with Gasteiger partial charge in [-0.05, 0) is 56.7 Å². The van der Waals surface area contributed by atoms with Crippen LogP contribution in [0.2, 0.25) is 0 Å². The molecule has 0 radical (unpaired) electrons. The molecular formula is C21H27ClFN3O. The largest absolute Gasteiger partial charge is 0.380 e. The van der Waals surface area contributed by atoms with E-state index in [4.69, 9.17) is 4.74 Å². The molecule has 2 heterocycles. The van der Waals surface area contributed by atoms with E-state index in [1.54, 1.807) is 12.1 Å². The van der Waals surface area contributed by atoms with Gasteiger partial charge in [-0.3, -0.25) is 4.98 Å². The summed E-state index contributed by atoms with van der Waals surface area (Å²) < 4.78 is 21.1. The molecule has 0 N–H and O–H groups in total. The molecular weight excluding hydrogens is 365 g/mol. The Morgan fingerprint density at radius 2 is 1.85 bits per heavy atom. The van der Waals surface area contributed by atoms with Crippen LogP contribution in [0, 0.1) is 19.7 Å². The third-order valence-electron chi connectivity index (χ3n) is 4.94. The molecule has 3 aromatic rings. The molecule has 0 unspecified atom stereocenters. The zero-order chi connectivity index (χ0) is 18.7. The van der Waals surface area contributed by atoms with E-state index in [0.29, 0.717) is 13.2 Å². The molecule has 0 aliphatic rings. The lowest BCUT2D eigenvalue weighted by atomic mass is 10.1. The van der Waals surface area contributed by atoms with Gasteiger partial charge in [0.05, 0.1) is 24.4 Å². The van der Waals surface area contributed by atoms with Gasteiger partial charge in [0, 0.05) is 43.2 Å². The Kier molecular flexibility index (Phi) is 7.22. The molecule has 2 aromatic heterocycles. The van der Waals surface area contributed by atoms with Crippen molar-refractivity contribution in [2.45, 2.75) is 33.9 Å². The van der Waals surface area contributed by atoms with E-state index in [-0.39, 0.29) is 18.2 Å². The van der Waals surface area contributed by atoms with E-state index in [9.17, 15) is 4.39 Å². The molecule has 27 heavy (non-hydrogen) atoms. The van der Waals surface area contributed by atoms with Crippen LogP contribution >= 0.6 is 12.4 Å². The average Bonchev–Trinajstić information content (AvgIpc) is 2.88. The first-order valence-corrected chi connectivity index (χ1v) is 9.00. The lowest BCUT2D eigenvalue weighted by Gasteiger charge is -2.20. The van der Waals surface area contributed by atoms with E-state index in [2.05, 4.69) is 34.4 Å². The van der Waals surface area contributed by atoms with Gasteiger partial charge in [0.1, 0.15) is 5.82 Å². The van der Waals surface area contributed by atoms with Crippen molar-refractivity contribution in [1.29, 1.82) is 0 Å². The Bertz CT molecular complexity index is 893. The number of anilines is 1. The van der Waals surface area contributed by atoms with Gasteiger partial charge in [-0.1, -0.05) is 0 Å². The first-order valence-electron chi connectivity index (χ1n) is 9.00. The van der Waals surface area contributed by atoms with Gasteiger partial charge in [-0.15, -0.1) is 12.4 Å². The van der Waals surface area contributed by atoms with Gasteiger partial charge >= 0.3 is 0 Å². The Morgan fingerprint density at radius 3 is 2.52 bits per heavy atom. The predicted molar refractivity (Wildman–Crippen MR) is 111 cm³/mol. The highest BCUT2D eigenvalue weighted by atomic mass is 35.5. The van der Waals surface area contributed by atoms with Gasteiger partial charge in [0.25, 0.3) is 0 Å². The third kappa shape index (κ3) is 4.42. The number of hydrogen-bond acceptors (Lipinski definition) is 3. The molecule has 0 spiro atoms. The number of ether oxygens (including phenoxy) is 1. The number of benzene rings is 1. The van der Waals surface area contributed by atoms with Crippen LogP contribution in [0.1, 0.15) is 23.9 Å². The van der Waals surface area contributed by atoms with Gasteiger partial charge in [0.15, 0.2) is 0 Å². The van der Waals surface area contributed by atoms with E-state index in [1.807, 2.05) is 20.2 Å². The molecule has 146 valence electrons. The fourth-order valence-electron chi connectivity index (χ4n) is 3.37. The first kappa shape index (κ1) is 21.2. The molecule has 0 saturated carbocycles. The van der Waals surface area contributed by atoms with Crippen molar-refractivity contribution in [3.05, 3.63) is 59.3 Å². The van der Waals surface area contributed by atoms with Crippen molar-refractivity contribution in [3.8, 4) is 0 Å². The SMILES string of the molecule is CCOCCn1c(C)c(C)c2ccnc(CN(C)c3ccc(F)cc3)c21.Cl. The van der Waals surface area contributed by atoms with E-state index < -0.39 is 0 Å². The molecule has 0 bridgehead atoms. The average molecular weight is 392 g/mol. The Hall–Kier alpha value is -2.11. The van der Waals surface area contributed by atoms with Gasteiger partial charge in [-0.2, -0.15) is 0 Å². The predicted octanol–water partition coefficient (Wildman–Crippen LogP) is 4.89. The molecule has 0 atom stereocenters. The third-order valence-corrected chi connectivity index (χ3v) is 4.94. The van der Waals surface area contributed by atoms with Gasteiger partial charge in [0.2, 0.25) is 0 Å². The van der Waals surface area contributed by atoms with E-state index in [1.165, 1.54) is 28.8 Å². The van der Waals surface area contributed by atoms with Crippen molar-refractivity contribution in [2.75, 3.05) is 25.2 Å². The summed E-state index contributed by atoms with van der Waals surface area (Å²) in [5.41, 5.74) is 5.67. The summed E-state index contributed by atoms with van der Waals surface area (Å²) in [5, 5.41) is 1.23. The molecule has 0 saturated heterocycles. The van der Waals surface area contributed by atoms with E-state index in [0.717, 1.165) is 30.0 Å². The number of nitrogens with zero attached hydrogens (tertiary/aromatic N) is 3. The monoisotopic (exact) mass is 391 g/mol.